The molecule has 0 aliphatic carbocycles. The lowest BCUT2D eigenvalue weighted by molar-refractivity contribution is -0.140. The Bertz CT molecular complexity index is 1700. The molecular weight excluding hydrogens is 567 g/mol. The zero-order valence-electron chi connectivity index (χ0n) is 18.3. The number of fused-ring (bicyclic) bond motifs is 2. The Balaban J connectivity index is 1.62. The number of carboxylic acids is 1. The Morgan fingerprint density at radius 1 is 0.861 bits per heavy atom. The monoisotopic (exact) mass is 581 g/mol. The molecule has 3 heterocycles. The van der Waals surface area contributed by atoms with Crippen molar-refractivity contribution >= 4 is 123 Å². The van der Waals surface area contributed by atoms with E-state index >= 15 is 0 Å². The van der Waals surface area contributed by atoms with Crippen molar-refractivity contribution in [1.29, 1.82) is 0 Å². The highest BCUT2D eigenvalue weighted by molar-refractivity contribution is 8.35. The fourth-order valence-electron chi connectivity index (χ4n) is 4.30. The SMILES string of the molecule is O=C(O)CN1C(=O)/C(=C/c2ccc3c(=C4SC=CS4)c4ccccc4c(=C4SC=CS4)c3c2)SC1=S. The van der Waals surface area contributed by atoms with Gasteiger partial charge in [-0.3, -0.25) is 14.5 Å². The molecule has 3 aliphatic rings. The molecule has 1 saturated heterocycles. The lowest BCUT2D eigenvalue weighted by Crippen LogP contribution is -2.33. The fraction of sp³-hybridized carbons (Fsp3) is 0.0385. The Kier molecular flexibility index (Phi) is 6.74. The average molecular weight is 582 g/mol. The molecule has 178 valence electrons. The van der Waals surface area contributed by atoms with Gasteiger partial charge in [-0.2, -0.15) is 0 Å². The topological polar surface area (TPSA) is 57.6 Å². The molecule has 3 aliphatic heterocycles. The summed E-state index contributed by atoms with van der Waals surface area (Å²) in [6.45, 7) is -0.430. The van der Waals surface area contributed by atoms with Crippen molar-refractivity contribution in [2.45, 2.75) is 0 Å². The van der Waals surface area contributed by atoms with Crippen LogP contribution in [0.1, 0.15) is 5.56 Å². The van der Waals surface area contributed by atoms with Crippen molar-refractivity contribution in [3.8, 4) is 0 Å². The van der Waals surface area contributed by atoms with Gasteiger partial charge in [-0.15, -0.1) is 0 Å². The van der Waals surface area contributed by atoms with Crippen LogP contribution < -0.4 is 10.4 Å². The minimum absolute atomic E-state index is 0.267. The first kappa shape index (κ1) is 24.3. The number of thiocarbonyl (C=S) groups is 1. The van der Waals surface area contributed by atoms with Crippen molar-refractivity contribution in [1.82, 2.24) is 4.90 Å². The highest BCUT2D eigenvalue weighted by Crippen LogP contribution is 2.41. The highest BCUT2D eigenvalue weighted by atomic mass is 32.2. The summed E-state index contributed by atoms with van der Waals surface area (Å²) in [5, 5.41) is 24.7. The largest absolute Gasteiger partial charge is 0.480 e. The van der Waals surface area contributed by atoms with E-state index < -0.39 is 12.5 Å². The highest BCUT2D eigenvalue weighted by Gasteiger charge is 2.33. The van der Waals surface area contributed by atoms with E-state index in [1.165, 1.54) is 35.1 Å². The number of hydrogen-bond donors (Lipinski definition) is 1. The molecule has 1 fully saturated rings. The Hall–Kier alpha value is -2.08. The van der Waals surface area contributed by atoms with Crippen molar-refractivity contribution in [3.05, 3.63) is 85.0 Å². The number of thioether (sulfide) groups is 5. The van der Waals surface area contributed by atoms with Gasteiger partial charge in [0.1, 0.15) is 10.9 Å². The number of rotatable bonds is 3. The first-order valence-electron chi connectivity index (χ1n) is 10.7. The summed E-state index contributed by atoms with van der Waals surface area (Å²) in [6.07, 6.45) is 1.81. The molecule has 6 rings (SSSR count). The summed E-state index contributed by atoms with van der Waals surface area (Å²) in [4.78, 5) is 25.6. The van der Waals surface area contributed by atoms with Crippen LogP contribution in [0.4, 0.5) is 0 Å². The number of benzene rings is 3. The zero-order valence-corrected chi connectivity index (χ0v) is 23.2. The van der Waals surface area contributed by atoms with Crippen LogP contribution in [0, 0.1) is 0 Å². The van der Waals surface area contributed by atoms with Gasteiger partial charge in [-0.1, -0.05) is 107 Å². The van der Waals surface area contributed by atoms with Crippen LogP contribution in [0.15, 0.2) is 69.0 Å². The fourth-order valence-corrected chi connectivity index (χ4v) is 9.40. The molecule has 4 nitrogen and oxygen atoms in total. The molecule has 3 aromatic carbocycles. The van der Waals surface area contributed by atoms with Gasteiger partial charge in [0.15, 0.2) is 0 Å². The van der Waals surface area contributed by atoms with Gasteiger partial charge in [0.25, 0.3) is 5.91 Å². The number of carbonyl (C=O) groups is 2. The number of amides is 1. The second kappa shape index (κ2) is 10.00. The van der Waals surface area contributed by atoms with E-state index in [0.717, 1.165) is 27.6 Å². The van der Waals surface area contributed by atoms with E-state index in [4.69, 9.17) is 17.3 Å². The van der Waals surface area contributed by atoms with E-state index in [-0.39, 0.29) is 10.2 Å². The standard InChI is InChI=1S/C26H15NO3S6/c28-20(29)13-27-23(30)19(36-26(27)31)12-14-5-6-17-18(11-14)22(25-34-9-10-35-25)16-4-2-1-3-15(16)21(17)24-32-7-8-33-24/h1-12H,13H2,(H,28,29)/b19-12-. The van der Waals surface area contributed by atoms with E-state index in [9.17, 15) is 9.59 Å². The third-order valence-corrected chi connectivity index (χ3v) is 11.4. The van der Waals surface area contributed by atoms with Crippen LogP contribution in [-0.4, -0.2) is 32.7 Å². The maximum atomic E-state index is 12.8. The maximum absolute atomic E-state index is 12.8. The molecule has 0 radical (unpaired) electrons. The number of carbonyl (C=O) groups excluding carboxylic acids is 1. The molecule has 0 bridgehead atoms. The Labute approximate surface area is 233 Å². The van der Waals surface area contributed by atoms with Crippen LogP contribution in [0.2, 0.25) is 0 Å². The minimum Gasteiger partial charge on any atom is -0.480 e. The summed E-state index contributed by atoms with van der Waals surface area (Å²) in [5.74, 6) is -1.46. The van der Waals surface area contributed by atoms with Crippen molar-refractivity contribution in [2.24, 2.45) is 0 Å². The smallest absolute Gasteiger partial charge is 0.323 e. The van der Waals surface area contributed by atoms with Crippen LogP contribution in [0.25, 0.3) is 36.1 Å². The van der Waals surface area contributed by atoms with Gasteiger partial charge >= 0.3 is 5.97 Å². The second-order valence-corrected chi connectivity index (χ2v) is 13.7. The first-order chi connectivity index (χ1) is 17.5. The number of nitrogens with zero attached hydrogens (tertiary/aromatic N) is 1. The lowest BCUT2D eigenvalue weighted by Gasteiger charge is -2.12. The number of carboxylic acid groups (broad SMARTS) is 1. The third kappa shape index (κ3) is 4.33. The van der Waals surface area contributed by atoms with Gasteiger partial charge in [-0.05, 0) is 60.9 Å². The molecule has 0 spiro atoms. The zero-order chi connectivity index (χ0) is 24.8. The van der Waals surface area contributed by atoms with Gasteiger partial charge in [0.05, 0.1) is 13.4 Å². The molecule has 10 heteroatoms. The molecule has 36 heavy (non-hydrogen) atoms. The van der Waals surface area contributed by atoms with E-state index in [0.29, 0.717) is 4.91 Å². The third-order valence-electron chi connectivity index (χ3n) is 5.73. The van der Waals surface area contributed by atoms with Crippen LogP contribution in [0.3, 0.4) is 0 Å². The van der Waals surface area contributed by atoms with Gasteiger partial charge < -0.3 is 5.11 Å². The molecule has 0 atom stereocenters. The normalized spacial score (nSPS) is 18.7. The van der Waals surface area contributed by atoms with Gasteiger partial charge in [0, 0.05) is 10.4 Å². The number of aliphatic carboxylic acids is 1. The maximum Gasteiger partial charge on any atom is 0.323 e. The van der Waals surface area contributed by atoms with Crippen LogP contribution >= 0.6 is 71.0 Å². The van der Waals surface area contributed by atoms with E-state index in [1.54, 1.807) is 47.0 Å². The molecule has 0 aromatic heterocycles. The Morgan fingerprint density at radius 3 is 2.00 bits per heavy atom. The van der Waals surface area contributed by atoms with Crippen LogP contribution in [0.5, 0.6) is 0 Å². The summed E-state index contributed by atoms with van der Waals surface area (Å²) in [6, 6.07) is 14.8. The molecule has 0 unspecified atom stereocenters. The second-order valence-electron chi connectivity index (χ2n) is 7.85. The summed E-state index contributed by atoms with van der Waals surface area (Å²) >= 11 is 13.3. The van der Waals surface area contributed by atoms with Gasteiger partial charge in [0.2, 0.25) is 0 Å². The average Bonchev–Trinajstić information content (AvgIpc) is 3.63. The predicted octanol–water partition coefficient (Wildman–Crippen LogP) is 6.31. The van der Waals surface area contributed by atoms with Crippen molar-refractivity contribution in [3.63, 3.8) is 0 Å². The van der Waals surface area contributed by atoms with Crippen LogP contribution in [-0.2, 0) is 9.59 Å². The predicted molar refractivity (Wildman–Crippen MR) is 164 cm³/mol. The summed E-state index contributed by atoms with van der Waals surface area (Å²) < 4.78 is 2.74. The molecule has 0 saturated carbocycles. The molecule has 1 N–H and O–H groups in total. The number of hydrogen-bond acceptors (Lipinski definition) is 8. The minimum atomic E-state index is -1.09. The van der Waals surface area contributed by atoms with Crippen molar-refractivity contribution in [2.75, 3.05) is 6.54 Å². The summed E-state index contributed by atoms with van der Waals surface area (Å²) in [7, 11) is 0. The Morgan fingerprint density at radius 2 is 1.42 bits per heavy atom. The van der Waals surface area contributed by atoms with Crippen molar-refractivity contribution < 1.29 is 14.7 Å². The molecule has 3 aromatic rings. The molecular formula is C26H15NO3S6. The first-order valence-corrected chi connectivity index (χ1v) is 15.4. The van der Waals surface area contributed by atoms with E-state index in [2.05, 4.69) is 58.0 Å². The molecule has 1 amide bonds. The lowest BCUT2D eigenvalue weighted by atomic mass is 9.97. The quantitative estimate of drug-likeness (QED) is 0.218. The summed E-state index contributed by atoms with van der Waals surface area (Å²) in [5.41, 5.74) is 0.872. The van der Waals surface area contributed by atoms with Gasteiger partial charge in [-0.25, -0.2) is 0 Å². The van der Waals surface area contributed by atoms with E-state index in [1.807, 2.05) is 12.1 Å².